The lowest BCUT2D eigenvalue weighted by molar-refractivity contribution is 0.196. The maximum atomic E-state index is 14.6. The Kier molecular flexibility index (Phi) is 7.36. The first kappa shape index (κ1) is 23.9. The molecule has 0 amide bonds. The zero-order chi connectivity index (χ0) is 23.5. The maximum Gasteiger partial charge on any atom is 0.165 e. The monoisotopic (exact) mass is 461 g/mol. The second-order valence-corrected chi connectivity index (χ2v) is 8.90. The molecule has 32 heavy (non-hydrogen) atoms. The quantitative estimate of drug-likeness (QED) is 0.482. The Balaban J connectivity index is 1.65. The zero-order valence-corrected chi connectivity index (χ0v) is 19.2. The molecular formula is C23H26ClF2N5O. The predicted octanol–water partition coefficient (Wildman–Crippen LogP) is 4.85. The molecule has 2 aromatic heterocycles. The summed E-state index contributed by atoms with van der Waals surface area (Å²) in [5, 5.41) is 0.400. The lowest BCUT2D eigenvalue weighted by Crippen LogP contribution is -2.44. The van der Waals surface area contributed by atoms with Crippen LogP contribution in [0, 0.1) is 31.4 Å². The first-order valence-corrected chi connectivity index (χ1v) is 10.6. The molecule has 0 radical (unpaired) electrons. The van der Waals surface area contributed by atoms with Crippen molar-refractivity contribution in [2.75, 3.05) is 6.61 Å². The lowest BCUT2D eigenvalue weighted by Gasteiger charge is -2.28. The predicted molar refractivity (Wildman–Crippen MR) is 119 cm³/mol. The molecule has 2 unspecified atom stereocenters. The third-order valence-electron chi connectivity index (χ3n) is 4.87. The molecule has 0 saturated heterocycles. The van der Waals surface area contributed by atoms with E-state index < -0.39 is 17.2 Å². The lowest BCUT2D eigenvalue weighted by atomic mass is 9.89. The Labute approximate surface area is 191 Å². The summed E-state index contributed by atoms with van der Waals surface area (Å²) in [4.78, 5) is 16.6. The van der Waals surface area contributed by atoms with Gasteiger partial charge in [0.15, 0.2) is 11.6 Å². The third kappa shape index (κ3) is 6.40. The van der Waals surface area contributed by atoms with Crippen molar-refractivity contribution >= 4 is 11.6 Å². The van der Waals surface area contributed by atoms with Crippen LogP contribution in [0.5, 0.6) is 5.75 Å². The van der Waals surface area contributed by atoms with Gasteiger partial charge in [0, 0.05) is 35.0 Å². The van der Waals surface area contributed by atoms with Crippen LogP contribution in [0.4, 0.5) is 8.78 Å². The molecule has 170 valence electrons. The van der Waals surface area contributed by atoms with E-state index in [1.165, 1.54) is 6.33 Å². The second kappa shape index (κ2) is 9.83. The van der Waals surface area contributed by atoms with Gasteiger partial charge in [0.05, 0.1) is 5.69 Å². The number of halogens is 3. The number of nitrogens with two attached hydrogens (primary N) is 1. The highest BCUT2D eigenvalue weighted by Gasteiger charge is 2.25. The molecule has 0 saturated carbocycles. The molecule has 2 N–H and O–H groups in total. The van der Waals surface area contributed by atoms with Crippen LogP contribution in [-0.2, 0) is 6.42 Å². The summed E-state index contributed by atoms with van der Waals surface area (Å²) in [5.41, 5.74) is 7.40. The van der Waals surface area contributed by atoms with Gasteiger partial charge < -0.3 is 10.5 Å². The highest BCUT2D eigenvalue weighted by Crippen LogP contribution is 2.29. The van der Waals surface area contributed by atoms with Crippen LogP contribution in [0.3, 0.4) is 0 Å². The minimum absolute atomic E-state index is 0.00902. The Morgan fingerprint density at radius 2 is 1.81 bits per heavy atom. The molecule has 0 fully saturated rings. The van der Waals surface area contributed by atoms with E-state index in [2.05, 4.69) is 19.9 Å². The zero-order valence-electron chi connectivity index (χ0n) is 18.5. The largest absolute Gasteiger partial charge is 0.489 e. The van der Waals surface area contributed by atoms with Gasteiger partial charge in [-0.15, -0.1) is 0 Å². The first-order chi connectivity index (χ1) is 15.0. The van der Waals surface area contributed by atoms with Crippen molar-refractivity contribution in [2.24, 2.45) is 11.7 Å². The van der Waals surface area contributed by atoms with Crippen molar-refractivity contribution < 1.29 is 13.5 Å². The average molecular weight is 462 g/mol. The molecule has 0 bridgehead atoms. The number of nitrogens with zero attached hydrogens (tertiary/aromatic N) is 4. The number of hydrogen-bond acceptors (Lipinski definition) is 6. The van der Waals surface area contributed by atoms with Gasteiger partial charge >= 0.3 is 0 Å². The molecule has 0 aliphatic rings. The SMILES string of the molecule is Cc1cc(-c2cc(F)c(OCC(C)(N)CC(C)Cc3nc(C)cc(Cl)n3)cc2F)ncn1. The van der Waals surface area contributed by atoms with Crippen LogP contribution in [0.25, 0.3) is 11.3 Å². The number of aryl methyl sites for hydroxylation is 2. The fraction of sp³-hybridized carbons (Fsp3) is 0.391. The Morgan fingerprint density at radius 1 is 1.06 bits per heavy atom. The van der Waals surface area contributed by atoms with Gasteiger partial charge in [-0.1, -0.05) is 18.5 Å². The summed E-state index contributed by atoms with van der Waals surface area (Å²) in [7, 11) is 0. The van der Waals surface area contributed by atoms with Gasteiger partial charge in [0.1, 0.15) is 29.7 Å². The van der Waals surface area contributed by atoms with Crippen molar-refractivity contribution in [1.29, 1.82) is 0 Å². The second-order valence-electron chi connectivity index (χ2n) is 8.51. The minimum Gasteiger partial charge on any atom is -0.489 e. The molecule has 0 aliphatic heterocycles. The Bertz CT molecular complexity index is 1090. The van der Waals surface area contributed by atoms with E-state index in [0.717, 1.165) is 17.8 Å². The van der Waals surface area contributed by atoms with Gasteiger partial charge in [-0.25, -0.2) is 28.7 Å². The van der Waals surface area contributed by atoms with Crippen molar-refractivity contribution in [3.8, 4) is 17.0 Å². The van der Waals surface area contributed by atoms with Crippen molar-refractivity contribution in [3.63, 3.8) is 0 Å². The maximum absolute atomic E-state index is 14.6. The van der Waals surface area contributed by atoms with E-state index in [1.54, 1.807) is 26.0 Å². The topological polar surface area (TPSA) is 86.8 Å². The summed E-state index contributed by atoms with van der Waals surface area (Å²) in [6.07, 6.45) is 2.46. The molecule has 0 aliphatic carbocycles. The highest BCUT2D eigenvalue weighted by atomic mass is 35.5. The van der Waals surface area contributed by atoms with Crippen molar-refractivity contribution in [2.45, 2.75) is 46.1 Å². The van der Waals surface area contributed by atoms with Crippen LogP contribution in [0.2, 0.25) is 5.15 Å². The highest BCUT2D eigenvalue weighted by molar-refractivity contribution is 6.29. The summed E-state index contributed by atoms with van der Waals surface area (Å²) in [6, 6.07) is 5.37. The number of rotatable bonds is 8. The van der Waals surface area contributed by atoms with E-state index in [9.17, 15) is 8.78 Å². The van der Waals surface area contributed by atoms with Gasteiger partial charge in [0.2, 0.25) is 0 Å². The van der Waals surface area contributed by atoms with Crippen LogP contribution in [0.15, 0.2) is 30.6 Å². The van der Waals surface area contributed by atoms with Gasteiger partial charge in [-0.3, -0.25) is 0 Å². The summed E-state index contributed by atoms with van der Waals surface area (Å²) >= 11 is 6.00. The molecule has 6 nitrogen and oxygen atoms in total. The number of hydrogen-bond donors (Lipinski definition) is 1. The number of ether oxygens (including phenoxy) is 1. The summed E-state index contributed by atoms with van der Waals surface area (Å²) < 4.78 is 34.8. The fourth-order valence-electron chi connectivity index (χ4n) is 3.60. The van der Waals surface area contributed by atoms with Crippen molar-refractivity contribution in [3.05, 3.63) is 64.6 Å². The van der Waals surface area contributed by atoms with Crippen LogP contribution in [0.1, 0.15) is 37.5 Å². The van der Waals surface area contributed by atoms with Gasteiger partial charge in [-0.05, 0) is 51.3 Å². The molecule has 9 heteroatoms. The fourth-order valence-corrected chi connectivity index (χ4v) is 3.85. The summed E-state index contributed by atoms with van der Waals surface area (Å²) in [6.45, 7) is 7.44. The van der Waals surface area contributed by atoms with Crippen LogP contribution < -0.4 is 10.5 Å². The Morgan fingerprint density at radius 3 is 2.50 bits per heavy atom. The molecular weight excluding hydrogens is 436 g/mol. The van der Waals surface area contributed by atoms with E-state index in [4.69, 9.17) is 22.1 Å². The first-order valence-electron chi connectivity index (χ1n) is 10.2. The third-order valence-corrected chi connectivity index (χ3v) is 5.07. The average Bonchev–Trinajstić information content (AvgIpc) is 2.67. The van der Waals surface area contributed by atoms with Crippen LogP contribution >= 0.6 is 11.6 Å². The number of benzene rings is 1. The smallest absolute Gasteiger partial charge is 0.165 e. The van der Waals surface area contributed by atoms with E-state index in [1.807, 2.05) is 13.8 Å². The summed E-state index contributed by atoms with van der Waals surface area (Å²) in [5.74, 6) is -0.765. The van der Waals surface area contributed by atoms with E-state index in [0.29, 0.717) is 35.2 Å². The minimum atomic E-state index is -0.779. The van der Waals surface area contributed by atoms with E-state index >= 15 is 0 Å². The molecule has 2 atom stereocenters. The van der Waals surface area contributed by atoms with Crippen LogP contribution in [-0.4, -0.2) is 32.1 Å². The Hall–Kier alpha value is -2.71. The molecule has 0 spiro atoms. The molecule has 3 rings (SSSR count). The molecule has 1 aromatic carbocycles. The molecule has 2 heterocycles. The van der Waals surface area contributed by atoms with Gasteiger partial charge in [-0.2, -0.15) is 0 Å². The number of aromatic nitrogens is 4. The standard InChI is InChI=1S/C23H26ClF2N5O/c1-13(5-22-30-15(3)7-21(24)31-22)10-23(4,27)11-32-20-9-17(25)16(8-18(20)26)19-6-14(2)28-12-29-19/h6-9,12-13H,5,10-11,27H2,1-4H3. The van der Waals surface area contributed by atoms with Gasteiger partial charge in [0.25, 0.3) is 0 Å². The van der Waals surface area contributed by atoms with E-state index in [-0.39, 0.29) is 23.8 Å². The molecule has 3 aromatic rings. The normalized spacial score (nSPS) is 14.1. The van der Waals surface area contributed by atoms with Crippen molar-refractivity contribution in [1.82, 2.24) is 19.9 Å².